The minimum absolute atomic E-state index is 0. The molecule has 0 aliphatic rings. The molecular formula is C14H14NaO2P. The number of methoxy groups -OCH3 is 2. The second-order valence-corrected chi connectivity index (χ2v) is 4.64. The first-order chi connectivity index (χ1) is 8.35. The van der Waals surface area contributed by atoms with Gasteiger partial charge in [-0.05, 0) is 12.1 Å². The molecule has 0 aliphatic carbocycles. The summed E-state index contributed by atoms with van der Waals surface area (Å²) in [5, 5.41) is 2.28. The Balaban J connectivity index is 0.00000162. The maximum Gasteiger partial charge on any atom is 1.00 e. The molecule has 0 heterocycles. The van der Waals surface area contributed by atoms with Crippen molar-refractivity contribution >= 4 is 19.2 Å². The Labute approximate surface area is 132 Å². The van der Waals surface area contributed by atoms with Crippen molar-refractivity contribution in [2.24, 2.45) is 0 Å². The van der Waals surface area contributed by atoms with Crippen LogP contribution in [0.1, 0.15) is 0 Å². The van der Waals surface area contributed by atoms with E-state index in [2.05, 4.69) is 12.1 Å². The molecule has 88 valence electrons. The summed E-state index contributed by atoms with van der Waals surface area (Å²) >= 11 is 0. The van der Waals surface area contributed by atoms with Crippen LogP contribution in [0.15, 0.2) is 48.5 Å². The third kappa shape index (κ3) is 3.73. The van der Waals surface area contributed by atoms with Gasteiger partial charge in [0.05, 0.1) is 25.7 Å². The molecule has 0 unspecified atom stereocenters. The van der Waals surface area contributed by atoms with Crippen molar-refractivity contribution in [1.82, 2.24) is 0 Å². The van der Waals surface area contributed by atoms with Crippen molar-refractivity contribution in [2.75, 3.05) is 14.2 Å². The van der Waals surface area contributed by atoms with Crippen LogP contribution in [0.2, 0.25) is 0 Å². The third-order valence-electron chi connectivity index (χ3n) is 2.41. The van der Waals surface area contributed by atoms with E-state index < -0.39 is 0 Å². The van der Waals surface area contributed by atoms with Gasteiger partial charge in [-0.1, -0.05) is 36.4 Å². The molecular weight excluding hydrogens is 254 g/mol. The van der Waals surface area contributed by atoms with Crippen LogP contribution in [0, 0.1) is 0 Å². The molecule has 2 nitrogen and oxygen atoms in total. The molecule has 0 saturated heterocycles. The average Bonchev–Trinajstić information content (AvgIpc) is 2.40. The number of para-hydroxylation sites is 2. The van der Waals surface area contributed by atoms with Crippen molar-refractivity contribution in [3.05, 3.63) is 48.5 Å². The number of hydrogen-bond acceptors (Lipinski definition) is 2. The summed E-state index contributed by atoms with van der Waals surface area (Å²) in [6, 6.07) is 16.0. The van der Waals surface area contributed by atoms with Gasteiger partial charge in [-0.3, -0.25) is 0 Å². The summed E-state index contributed by atoms with van der Waals surface area (Å²) in [7, 11) is 4.47. The fourth-order valence-electron chi connectivity index (χ4n) is 1.57. The first kappa shape index (κ1) is 15.5. The predicted molar refractivity (Wildman–Crippen MR) is 72.2 cm³/mol. The van der Waals surface area contributed by atoms with Gasteiger partial charge in [0.15, 0.2) is 0 Å². The van der Waals surface area contributed by atoms with E-state index in [4.69, 9.17) is 9.47 Å². The van der Waals surface area contributed by atoms with Crippen molar-refractivity contribution in [1.29, 1.82) is 0 Å². The molecule has 0 aromatic heterocycles. The van der Waals surface area contributed by atoms with E-state index in [-0.39, 0.29) is 29.6 Å². The van der Waals surface area contributed by atoms with Crippen LogP contribution in [0.25, 0.3) is 0 Å². The zero-order valence-electron chi connectivity index (χ0n) is 10.9. The number of hydrogen-bond donors (Lipinski definition) is 0. The van der Waals surface area contributed by atoms with E-state index in [1.54, 1.807) is 14.2 Å². The summed E-state index contributed by atoms with van der Waals surface area (Å²) in [6.07, 6.45) is 0. The molecule has 18 heavy (non-hydrogen) atoms. The average molecular weight is 268 g/mol. The Morgan fingerprint density at radius 3 is 1.50 bits per heavy atom. The molecule has 2 aromatic rings. The summed E-state index contributed by atoms with van der Waals surface area (Å²) in [6.45, 7) is 0. The Morgan fingerprint density at radius 1 is 0.722 bits per heavy atom. The van der Waals surface area contributed by atoms with Crippen LogP contribution >= 0.6 is 8.58 Å². The van der Waals surface area contributed by atoms with E-state index in [1.807, 2.05) is 36.4 Å². The molecule has 0 atom stereocenters. The Kier molecular flexibility index (Phi) is 6.73. The van der Waals surface area contributed by atoms with Gasteiger partial charge in [-0.25, -0.2) is 0 Å². The minimum Gasteiger partial charge on any atom is -0.499 e. The fraction of sp³-hybridized carbons (Fsp3) is 0.143. The van der Waals surface area contributed by atoms with Gasteiger partial charge in [-0.15, -0.1) is 0 Å². The maximum absolute atomic E-state index is 5.34. The van der Waals surface area contributed by atoms with Crippen LogP contribution in [0.4, 0.5) is 0 Å². The monoisotopic (exact) mass is 268 g/mol. The van der Waals surface area contributed by atoms with Crippen molar-refractivity contribution in [3.8, 4) is 11.5 Å². The van der Waals surface area contributed by atoms with Gasteiger partial charge in [-0.2, -0.15) is 10.6 Å². The molecule has 2 rings (SSSR count). The van der Waals surface area contributed by atoms with Crippen LogP contribution in [0.5, 0.6) is 11.5 Å². The summed E-state index contributed by atoms with van der Waals surface area (Å²) in [5.41, 5.74) is 0. The first-order valence-electron chi connectivity index (χ1n) is 5.33. The van der Waals surface area contributed by atoms with Crippen molar-refractivity contribution < 1.29 is 39.0 Å². The number of ether oxygens (including phenoxy) is 2. The molecule has 0 spiro atoms. The molecule has 0 radical (unpaired) electrons. The van der Waals surface area contributed by atoms with Crippen molar-refractivity contribution in [3.63, 3.8) is 0 Å². The largest absolute Gasteiger partial charge is 1.00 e. The van der Waals surface area contributed by atoms with Gasteiger partial charge in [0.25, 0.3) is 0 Å². The number of rotatable bonds is 4. The van der Waals surface area contributed by atoms with Gasteiger partial charge >= 0.3 is 29.6 Å². The molecule has 0 aliphatic heterocycles. The van der Waals surface area contributed by atoms with Crippen LogP contribution < -0.4 is 49.6 Å². The molecule has 4 heteroatoms. The molecule has 0 fully saturated rings. The van der Waals surface area contributed by atoms with Gasteiger partial charge < -0.3 is 18.1 Å². The van der Waals surface area contributed by atoms with E-state index >= 15 is 0 Å². The quantitative estimate of drug-likeness (QED) is 0.555. The molecule has 0 amide bonds. The van der Waals surface area contributed by atoms with Crippen LogP contribution in [-0.2, 0) is 0 Å². The van der Waals surface area contributed by atoms with E-state index in [0.29, 0.717) is 0 Å². The SMILES string of the molecule is COc1ccccc1[P-]c1ccccc1OC.[Na+]. The Morgan fingerprint density at radius 2 is 1.11 bits per heavy atom. The van der Waals surface area contributed by atoms with Gasteiger partial charge in [0, 0.05) is 0 Å². The van der Waals surface area contributed by atoms with E-state index in [1.165, 1.54) is 0 Å². The molecule has 2 aromatic carbocycles. The van der Waals surface area contributed by atoms with E-state index in [9.17, 15) is 0 Å². The molecule has 0 saturated carbocycles. The van der Waals surface area contributed by atoms with Crippen LogP contribution in [-0.4, -0.2) is 14.2 Å². The second kappa shape index (κ2) is 7.81. The fourth-order valence-corrected chi connectivity index (χ4v) is 2.71. The predicted octanol–water partition coefficient (Wildman–Crippen LogP) is -0.395. The van der Waals surface area contributed by atoms with Crippen LogP contribution in [0.3, 0.4) is 0 Å². The van der Waals surface area contributed by atoms with Crippen molar-refractivity contribution in [2.45, 2.75) is 0 Å². The number of benzene rings is 2. The van der Waals surface area contributed by atoms with Gasteiger partial charge in [0.1, 0.15) is 0 Å². The summed E-state index contributed by atoms with van der Waals surface area (Å²) in [4.78, 5) is 0. The first-order valence-corrected chi connectivity index (χ1v) is 6.22. The zero-order chi connectivity index (χ0) is 12.1. The van der Waals surface area contributed by atoms with E-state index in [0.717, 1.165) is 30.7 Å². The second-order valence-electron chi connectivity index (χ2n) is 3.46. The Bertz CT molecular complexity index is 457. The Hall–Kier alpha value is -0.530. The normalized spacial score (nSPS) is 9.44. The molecule has 0 N–H and O–H groups in total. The zero-order valence-corrected chi connectivity index (χ0v) is 13.8. The summed E-state index contributed by atoms with van der Waals surface area (Å²) in [5.74, 6) is 1.81. The maximum atomic E-state index is 5.34. The summed E-state index contributed by atoms with van der Waals surface area (Å²) < 4.78 is 10.7. The topological polar surface area (TPSA) is 18.5 Å². The molecule has 0 bridgehead atoms. The minimum atomic E-state index is 0. The third-order valence-corrected chi connectivity index (χ3v) is 3.63. The van der Waals surface area contributed by atoms with Gasteiger partial charge in [0.2, 0.25) is 0 Å². The smallest absolute Gasteiger partial charge is 0.499 e. The standard InChI is InChI=1S/C14H14O2P.Na/c1-15-11-7-3-5-9-13(11)17-14-10-6-4-8-12(14)16-2;/h3-10H,1-2H3;/q-1;+1.